The van der Waals surface area contributed by atoms with E-state index in [1.165, 1.54) is 4.90 Å². The van der Waals surface area contributed by atoms with Crippen molar-refractivity contribution in [2.45, 2.75) is 62.0 Å². The van der Waals surface area contributed by atoms with Gasteiger partial charge in [-0.2, -0.15) is 0 Å². The lowest BCUT2D eigenvalue weighted by molar-refractivity contribution is -0.140. The second-order valence-electron chi connectivity index (χ2n) is 9.11. The fraction of sp³-hybridized carbons (Fsp3) is 0.889. The second-order valence-corrected chi connectivity index (χ2v) is 11.1. The van der Waals surface area contributed by atoms with E-state index >= 15 is 0 Å². The van der Waals surface area contributed by atoms with Crippen LogP contribution in [-0.2, 0) is 14.8 Å². The largest absolute Gasteiger partial charge is 0.326 e. The van der Waals surface area contributed by atoms with Crippen molar-refractivity contribution in [2.24, 2.45) is 5.92 Å². The number of amides is 3. The minimum absolute atomic E-state index is 0.0579. The summed E-state index contributed by atoms with van der Waals surface area (Å²) in [6.07, 6.45) is 2.95. The van der Waals surface area contributed by atoms with Gasteiger partial charge >= 0.3 is 6.03 Å². The molecule has 158 valence electrons. The summed E-state index contributed by atoms with van der Waals surface area (Å²) in [7, 11) is 0.211. The normalized spacial score (nSPS) is 36.0. The Kier molecular flexibility index (Phi) is 4.96. The zero-order valence-corrected chi connectivity index (χ0v) is 17.7. The number of urea groups is 1. The van der Waals surface area contributed by atoms with Crippen molar-refractivity contribution in [3.8, 4) is 0 Å². The van der Waals surface area contributed by atoms with Gasteiger partial charge in [-0.15, -0.1) is 0 Å². The van der Waals surface area contributed by atoms with Gasteiger partial charge in [-0.25, -0.2) is 17.9 Å². The molecule has 0 spiro atoms. The molecule has 4 atom stereocenters. The van der Waals surface area contributed by atoms with E-state index in [0.29, 0.717) is 12.8 Å². The van der Waals surface area contributed by atoms with Gasteiger partial charge in [-0.05, 0) is 46.1 Å². The highest BCUT2D eigenvalue weighted by atomic mass is 32.2. The van der Waals surface area contributed by atoms with Crippen LogP contribution < -0.4 is 10.0 Å². The second kappa shape index (κ2) is 6.93. The van der Waals surface area contributed by atoms with Gasteiger partial charge in [-0.1, -0.05) is 0 Å². The summed E-state index contributed by atoms with van der Waals surface area (Å²) >= 11 is 0. The van der Waals surface area contributed by atoms with Gasteiger partial charge < -0.3 is 4.90 Å². The van der Waals surface area contributed by atoms with Gasteiger partial charge in [0.15, 0.2) is 0 Å². The van der Waals surface area contributed by atoms with Crippen molar-refractivity contribution in [1.82, 2.24) is 24.7 Å². The third kappa shape index (κ3) is 3.55. The number of likely N-dealkylation sites (N-methyl/N-ethyl adjacent to an activating group) is 1. The first kappa shape index (κ1) is 20.1. The van der Waals surface area contributed by atoms with Crippen molar-refractivity contribution in [1.29, 1.82) is 0 Å². The van der Waals surface area contributed by atoms with E-state index in [4.69, 9.17) is 0 Å². The van der Waals surface area contributed by atoms with Gasteiger partial charge in [0, 0.05) is 31.7 Å². The molecule has 2 N–H and O–H groups in total. The van der Waals surface area contributed by atoms with Gasteiger partial charge in [0.2, 0.25) is 15.9 Å². The smallest absolute Gasteiger partial charge is 0.324 e. The van der Waals surface area contributed by atoms with Gasteiger partial charge in [0.1, 0.15) is 0 Å². The molecule has 2 aliphatic carbocycles. The molecule has 0 radical (unpaired) electrons. The molecule has 28 heavy (non-hydrogen) atoms. The van der Waals surface area contributed by atoms with Crippen LogP contribution in [0.5, 0.6) is 0 Å². The van der Waals surface area contributed by atoms with Gasteiger partial charge in [-0.3, -0.25) is 19.9 Å². The number of hydrogen-bond donors (Lipinski definition) is 2. The number of fused-ring (bicyclic) bond motifs is 1. The summed E-state index contributed by atoms with van der Waals surface area (Å²) in [5.41, 5.74) is -0.316. The lowest BCUT2D eigenvalue weighted by atomic mass is 9.81. The summed E-state index contributed by atoms with van der Waals surface area (Å²) in [4.78, 5) is 31.0. The number of imide groups is 1. The summed E-state index contributed by atoms with van der Waals surface area (Å²) in [5.74, 6) is -0.690. The van der Waals surface area contributed by atoms with Crippen molar-refractivity contribution in [3.05, 3.63) is 0 Å². The molecule has 4 aliphatic rings. The molecule has 2 saturated heterocycles. The summed E-state index contributed by atoms with van der Waals surface area (Å²) in [6.45, 7) is 3.90. The predicted molar refractivity (Wildman–Crippen MR) is 104 cm³/mol. The number of hydrogen-bond acceptors (Lipinski definition) is 6. The molecule has 4 unspecified atom stereocenters. The maximum Gasteiger partial charge on any atom is 0.326 e. The number of nitrogens with one attached hydrogen (secondary N) is 2. The van der Waals surface area contributed by atoms with Crippen molar-refractivity contribution in [3.63, 3.8) is 0 Å². The lowest BCUT2D eigenvalue weighted by Crippen LogP contribution is -2.64. The number of carbonyl (C=O) groups is 2. The first-order valence-corrected chi connectivity index (χ1v) is 11.7. The molecule has 2 heterocycles. The Hall–Kier alpha value is -1.23. The summed E-state index contributed by atoms with van der Waals surface area (Å²) in [6, 6.07) is -0.494. The number of rotatable bonds is 5. The van der Waals surface area contributed by atoms with Crippen molar-refractivity contribution in [2.75, 3.05) is 33.7 Å². The average Bonchev–Trinajstić information content (AvgIpc) is 3.22. The molecule has 4 rings (SSSR count). The highest BCUT2D eigenvalue weighted by molar-refractivity contribution is 7.90. The van der Waals surface area contributed by atoms with E-state index in [2.05, 4.69) is 14.9 Å². The number of nitrogens with zero attached hydrogens (tertiary/aromatic N) is 3. The fourth-order valence-electron chi connectivity index (χ4n) is 4.73. The third-order valence-electron chi connectivity index (χ3n) is 6.94. The molecule has 2 aliphatic heterocycles. The summed E-state index contributed by atoms with van der Waals surface area (Å²) in [5, 5.41) is 2.72. The molecule has 0 aromatic rings. The molecule has 0 bridgehead atoms. The minimum Gasteiger partial charge on any atom is -0.324 e. The molecule has 4 fully saturated rings. The molecular formula is C18H31N5O4S. The van der Waals surface area contributed by atoms with Crippen LogP contribution in [0.1, 0.15) is 39.0 Å². The highest BCUT2D eigenvalue weighted by Crippen LogP contribution is 2.39. The van der Waals surface area contributed by atoms with Crippen LogP contribution in [0, 0.1) is 5.92 Å². The molecular weight excluding hydrogens is 382 g/mol. The zero-order valence-electron chi connectivity index (χ0n) is 16.8. The quantitative estimate of drug-likeness (QED) is 0.645. The van der Waals surface area contributed by atoms with Crippen LogP contribution in [0.4, 0.5) is 4.79 Å². The SMILES string of the molecule is CN1CCNC1CN1C(=O)C2CC(S(=O)(=O)NC3(C)CC3)CCC2N(C)C1=O. The lowest BCUT2D eigenvalue weighted by Gasteiger charge is -2.47. The molecule has 3 amide bonds. The number of sulfonamides is 1. The van der Waals surface area contributed by atoms with E-state index in [-0.39, 0.29) is 42.7 Å². The minimum atomic E-state index is -3.48. The molecule has 10 heteroatoms. The molecule has 2 saturated carbocycles. The Morgan fingerprint density at radius 2 is 1.93 bits per heavy atom. The van der Waals surface area contributed by atoms with Crippen molar-refractivity contribution < 1.29 is 18.0 Å². The van der Waals surface area contributed by atoms with Gasteiger partial charge in [0.05, 0.1) is 23.9 Å². The average molecular weight is 414 g/mol. The zero-order chi connectivity index (χ0) is 20.3. The molecule has 0 aromatic carbocycles. The Morgan fingerprint density at radius 3 is 2.54 bits per heavy atom. The standard InChI is InChI=1S/C18H31N5O4S/c1-18(6-7-18)20-28(26,27)12-4-5-14-13(10-12)16(24)23(17(25)22(14)3)11-15-19-8-9-21(15)2/h12-15,19-20H,4-11H2,1-3H3. The Labute approximate surface area is 166 Å². The van der Waals surface area contributed by atoms with E-state index in [1.54, 1.807) is 11.9 Å². The Balaban J connectivity index is 1.50. The first-order valence-electron chi connectivity index (χ1n) is 10.2. The van der Waals surface area contributed by atoms with Crippen LogP contribution in [0.2, 0.25) is 0 Å². The first-order chi connectivity index (χ1) is 13.1. The topological polar surface area (TPSA) is 102 Å². The van der Waals surface area contributed by atoms with E-state index < -0.39 is 21.2 Å². The summed E-state index contributed by atoms with van der Waals surface area (Å²) < 4.78 is 28.5. The van der Waals surface area contributed by atoms with Crippen LogP contribution in [0.25, 0.3) is 0 Å². The van der Waals surface area contributed by atoms with Crippen LogP contribution in [-0.4, -0.2) is 91.8 Å². The highest BCUT2D eigenvalue weighted by Gasteiger charge is 2.51. The molecule has 0 aromatic heterocycles. The predicted octanol–water partition coefficient (Wildman–Crippen LogP) is -0.249. The van der Waals surface area contributed by atoms with Crippen LogP contribution >= 0.6 is 0 Å². The van der Waals surface area contributed by atoms with E-state index in [9.17, 15) is 18.0 Å². The Morgan fingerprint density at radius 1 is 1.21 bits per heavy atom. The van der Waals surface area contributed by atoms with Crippen LogP contribution in [0.15, 0.2) is 0 Å². The monoisotopic (exact) mass is 413 g/mol. The maximum atomic E-state index is 13.2. The molecule has 9 nitrogen and oxygen atoms in total. The van der Waals surface area contributed by atoms with Crippen molar-refractivity contribution >= 4 is 22.0 Å². The number of carbonyl (C=O) groups excluding carboxylic acids is 2. The van der Waals surface area contributed by atoms with E-state index in [1.807, 2.05) is 14.0 Å². The van der Waals surface area contributed by atoms with E-state index in [0.717, 1.165) is 25.9 Å². The van der Waals surface area contributed by atoms with Gasteiger partial charge in [0.25, 0.3) is 0 Å². The third-order valence-corrected chi connectivity index (χ3v) is 9.02. The fourth-order valence-corrected chi connectivity index (χ4v) is 6.70. The maximum absolute atomic E-state index is 13.2. The van der Waals surface area contributed by atoms with Crippen LogP contribution in [0.3, 0.4) is 0 Å². The Bertz CT molecular complexity index is 768.